The summed E-state index contributed by atoms with van der Waals surface area (Å²) in [6.45, 7) is 0. The summed E-state index contributed by atoms with van der Waals surface area (Å²) in [6, 6.07) is 86.8. The predicted octanol–water partition coefficient (Wildman–Crippen LogP) is 15.8. The molecule has 294 valence electrons. The number of nitrogens with zero attached hydrogens (tertiary/aromatic N) is 4. The van der Waals surface area contributed by atoms with E-state index in [1.807, 2.05) is 0 Å². The van der Waals surface area contributed by atoms with Gasteiger partial charge in [0.25, 0.3) is 0 Å². The lowest BCUT2D eigenvalue weighted by atomic mass is 9.99. The van der Waals surface area contributed by atoms with Gasteiger partial charge in [-0.3, -0.25) is 0 Å². The van der Waals surface area contributed by atoms with Crippen LogP contribution in [0.2, 0.25) is 0 Å². The van der Waals surface area contributed by atoms with Crippen LogP contribution in [0.1, 0.15) is 0 Å². The number of anilines is 6. The van der Waals surface area contributed by atoms with Crippen LogP contribution in [-0.2, 0) is 0 Å². The predicted molar refractivity (Wildman–Crippen MR) is 260 cm³/mol. The molecule has 4 nitrogen and oxygen atoms in total. The van der Waals surface area contributed by atoms with Crippen molar-refractivity contribution < 1.29 is 0 Å². The van der Waals surface area contributed by atoms with Gasteiger partial charge in [-0.2, -0.15) is 0 Å². The summed E-state index contributed by atoms with van der Waals surface area (Å²) >= 11 is 0. The number of hydrogen-bond donors (Lipinski definition) is 0. The molecule has 0 fully saturated rings. The first-order valence-corrected chi connectivity index (χ1v) is 21.1. The molecule has 0 saturated heterocycles. The van der Waals surface area contributed by atoms with Gasteiger partial charge in [0.1, 0.15) is 0 Å². The normalized spacial score (nSPS) is 11.2. The van der Waals surface area contributed by atoms with Crippen LogP contribution in [0, 0.1) is 0 Å². The van der Waals surface area contributed by atoms with Crippen molar-refractivity contribution in [1.29, 1.82) is 0 Å². The van der Waals surface area contributed by atoms with Crippen LogP contribution < -0.4 is 9.80 Å². The fraction of sp³-hybridized carbons (Fsp3) is 0. The zero-order valence-corrected chi connectivity index (χ0v) is 34.0. The van der Waals surface area contributed by atoms with E-state index in [0.717, 1.165) is 45.5 Å². The highest BCUT2D eigenvalue weighted by atomic mass is 15.1. The molecule has 0 unspecified atom stereocenters. The van der Waals surface area contributed by atoms with Crippen LogP contribution in [0.3, 0.4) is 0 Å². The zero-order chi connectivity index (χ0) is 41.2. The van der Waals surface area contributed by atoms with Crippen LogP contribution in [-0.4, -0.2) is 9.13 Å². The maximum absolute atomic E-state index is 2.31. The van der Waals surface area contributed by atoms with Crippen LogP contribution in [0.5, 0.6) is 0 Å². The highest BCUT2D eigenvalue weighted by Crippen LogP contribution is 2.38. The second-order valence-electron chi connectivity index (χ2n) is 15.5. The minimum atomic E-state index is 1.10. The van der Waals surface area contributed by atoms with Crippen molar-refractivity contribution in [2.75, 3.05) is 9.80 Å². The van der Waals surface area contributed by atoms with Crippen molar-refractivity contribution in [3.05, 3.63) is 255 Å². The Morgan fingerprint density at radius 2 is 0.500 bits per heavy atom. The van der Waals surface area contributed by atoms with Crippen molar-refractivity contribution in [2.45, 2.75) is 0 Å². The summed E-state index contributed by atoms with van der Waals surface area (Å²) in [7, 11) is 0. The van der Waals surface area contributed by atoms with E-state index < -0.39 is 0 Å². The number of aromatic nitrogens is 2. The van der Waals surface area contributed by atoms with Gasteiger partial charge in [-0.25, -0.2) is 0 Å². The summed E-state index contributed by atoms with van der Waals surface area (Å²) in [6.07, 6.45) is 4.29. The third kappa shape index (κ3) is 7.00. The molecule has 11 aromatic rings. The monoisotopic (exact) mass is 794 g/mol. The summed E-state index contributed by atoms with van der Waals surface area (Å²) in [5.74, 6) is 0. The quantitative estimate of drug-likeness (QED) is 0.137. The minimum absolute atomic E-state index is 1.10. The van der Waals surface area contributed by atoms with Gasteiger partial charge in [0.15, 0.2) is 0 Å². The molecule has 2 aromatic heterocycles. The molecule has 0 aliphatic carbocycles. The number of para-hydroxylation sites is 4. The largest absolute Gasteiger partial charge is 0.317 e. The molecule has 11 rings (SSSR count). The van der Waals surface area contributed by atoms with Gasteiger partial charge < -0.3 is 18.9 Å². The number of benzene rings is 9. The van der Waals surface area contributed by atoms with Crippen LogP contribution in [0.15, 0.2) is 255 Å². The fourth-order valence-corrected chi connectivity index (χ4v) is 8.65. The van der Waals surface area contributed by atoms with Crippen LogP contribution in [0.4, 0.5) is 34.1 Å². The van der Waals surface area contributed by atoms with Crippen molar-refractivity contribution >= 4 is 55.9 Å². The summed E-state index contributed by atoms with van der Waals surface area (Å²) in [5, 5.41) is 2.47. The van der Waals surface area contributed by atoms with E-state index in [0.29, 0.717) is 0 Å². The molecule has 0 aliphatic heterocycles. The topological polar surface area (TPSA) is 16.3 Å². The molecule has 2 heterocycles. The summed E-state index contributed by atoms with van der Waals surface area (Å²) in [5.41, 5.74) is 16.0. The first-order valence-electron chi connectivity index (χ1n) is 21.1. The Morgan fingerprint density at radius 3 is 0.855 bits per heavy atom. The molecular formula is C58H42N4. The second-order valence-corrected chi connectivity index (χ2v) is 15.5. The molecule has 0 aliphatic rings. The molecule has 0 atom stereocenters. The van der Waals surface area contributed by atoms with Gasteiger partial charge >= 0.3 is 0 Å². The molecular weight excluding hydrogens is 753 g/mol. The van der Waals surface area contributed by atoms with Gasteiger partial charge in [0.05, 0.1) is 11.0 Å². The van der Waals surface area contributed by atoms with Gasteiger partial charge in [0, 0.05) is 57.9 Å². The van der Waals surface area contributed by atoms with Crippen molar-refractivity contribution in [2.24, 2.45) is 0 Å². The Hall–Kier alpha value is -8.34. The van der Waals surface area contributed by atoms with Crippen LogP contribution >= 0.6 is 0 Å². The molecule has 0 radical (unpaired) electrons. The Bertz CT molecular complexity index is 3010. The molecule has 0 bridgehead atoms. The highest BCUT2D eigenvalue weighted by Gasteiger charge is 2.15. The summed E-state index contributed by atoms with van der Waals surface area (Å²) in [4.78, 5) is 4.63. The van der Waals surface area contributed by atoms with Gasteiger partial charge in [-0.1, -0.05) is 121 Å². The van der Waals surface area contributed by atoms with Crippen molar-refractivity contribution in [3.8, 4) is 33.6 Å². The number of hydrogen-bond acceptors (Lipinski definition) is 2. The van der Waals surface area contributed by atoms with Crippen molar-refractivity contribution in [3.63, 3.8) is 0 Å². The average molecular weight is 795 g/mol. The Morgan fingerprint density at radius 1 is 0.226 bits per heavy atom. The molecule has 9 aromatic carbocycles. The average Bonchev–Trinajstić information content (AvgIpc) is 3.99. The molecule has 0 amide bonds. The lowest BCUT2D eigenvalue weighted by Crippen LogP contribution is -2.10. The fourth-order valence-electron chi connectivity index (χ4n) is 8.65. The third-order valence-corrected chi connectivity index (χ3v) is 11.8. The SMILES string of the molecule is c1ccc(N(c2ccc(-c3ccc(-c4ccc(N(c5ccccc5)c5ccc(-n6ccc7ccccc76)cc5)cc4)cc3)cc2)c2ccc(-n3ccc4ccccc43)cc2)cc1. The van der Waals surface area contributed by atoms with Gasteiger partial charge in [-0.15, -0.1) is 0 Å². The maximum Gasteiger partial charge on any atom is 0.0528 e. The van der Waals surface area contributed by atoms with Crippen molar-refractivity contribution in [1.82, 2.24) is 9.13 Å². The van der Waals surface area contributed by atoms with E-state index in [9.17, 15) is 0 Å². The smallest absolute Gasteiger partial charge is 0.0528 e. The van der Waals surface area contributed by atoms with E-state index in [2.05, 4.69) is 274 Å². The first kappa shape index (κ1) is 36.7. The highest BCUT2D eigenvalue weighted by molar-refractivity contribution is 5.85. The van der Waals surface area contributed by atoms with E-state index in [-0.39, 0.29) is 0 Å². The van der Waals surface area contributed by atoms with E-state index in [1.165, 1.54) is 44.1 Å². The summed E-state index contributed by atoms with van der Waals surface area (Å²) < 4.78 is 4.49. The lowest BCUT2D eigenvalue weighted by Gasteiger charge is -2.26. The molecule has 0 saturated carbocycles. The Balaban J connectivity index is 0.831. The van der Waals surface area contributed by atoms with Gasteiger partial charge in [0.2, 0.25) is 0 Å². The molecule has 0 spiro atoms. The van der Waals surface area contributed by atoms with E-state index in [1.54, 1.807) is 0 Å². The number of rotatable bonds is 10. The molecule has 0 N–H and O–H groups in total. The minimum Gasteiger partial charge on any atom is -0.317 e. The second kappa shape index (κ2) is 16.0. The van der Waals surface area contributed by atoms with E-state index >= 15 is 0 Å². The Kier molecular flexibility index (Phi) is 9.49. The lowest BCUT2D eigenvalue weighted by molar-refractivity contribution is 1.12. The first-order chi connectivity index (χ1) is 30.7. The maximum atomic E-state index is 2.31. The van der Waals surface area contributed by atoms with E-state index in [4.69, 9.17) is 0 Å². The molecule has 4 heteroatoms. The Labute approximate surface area is 362 Å². The molecule has 62 heavy (non-hydrogen) atoms. The van der Waals surface area contributed by atoms with Crippen LogP contribution in [0.25, 0.3) is 55.4 Å². The van der Waals surface area contributed by atoms with Gasteiger partial charge in [-0.05, 0) is 154 Å². The standard InChI is InChI=1S/C58H42N4/c1-3-13-51(14-4-1)61(55-35-31-49(32-36-55)59-41-39-47-11-7-9-17-57(47)59)53-27-23-45(24-28-53)43-19-21-44(22-20-43)46-25-29-54(30-26-46)62(52-15-5-2-6-16-52)56-37-33-50(34-38-56)60-42-40-48-12-8-10-18-58(48)60/h1-42H. The third-order valence-electron chi connectivity index (χ3n) is 11.8. The number of fused-ring (bicyclic) bond motifs is 2. The zero-order valence-electron chi connectivity index (χ0n) is 34.0.